The monoisotopic (exact) mass is 1170 g/mol. The number of nitrogens with zero attached hydrogens (tertiary/aromatic N) is 3. The maximum atomic E-state index is 12.8. The van der Waals surface area contributed by atoms with Crippen molar-refractivity contribution in [3.8, 4) is 67.5 Å². The minimum Gasteiger partial charge on any atom is -0.507 e. The van der Waals surface area contributed by atoms with E-state index in [0.717, 1.165) is 85.3 Å². The Balaban J connectivity index is 0.00000689. The molecule has 2 aromatic heterocycles. The Morgan fingerprint density at radius 2 is 1.05 bits per heavy atom. The van der Waals surface area contributed by atoms with Crippen LogP contribution in [-0.4, -0.2) is 19.6 Å². The number of phenolic OH excluding ortho intramolecular Hbond substituents is 1. The quantitative estimate of drug-likeness (QED) is 0.169. The molecule has 2 aliphatic rings. The van der Waals surface area contributed by atoms with Crippen LogP contribution >= 0.6 is 0 Å². The van der Waals surface area contributed by atoms with Crippen LogP contribution in [0.2, 0.25) is 0 Å². The zero-order chi connectivity index (χ0) is 53.3. The van der Waals surface area contributed by atoms with Crippen molar-refractivity contribution in [3.05, 3.63) is 166 Å². The van der Waals surface area contributed by atoms with Gasteiger partial charge in [-0.3, -0.25) is 9.55 Å². The summed E-state index contributed by atoms with van der Waals surface area (Å²) in [5.74, 6) is 0.981. The molecule has 5 heteroatoms. The fourth-order valence-corrected chi connectivity index (χ4v) is 12.0. The fourth-order valence-electron chi connectivity index (χ4n) is 12.0. The molecule has 0 spiro atoms. The van der Waals surface area contributed by atoms with E-state index in [4.69, 9.17) is 9.97 Å². The summed E-state index contributed by atoms with van der Waals surface area (Å²) in [5, 5.41) is 12.8. The van der Waals surface area contributed by atoms with Crippen molar-refractivity contribution in [2.24, 2.45) is 0 Å². The average molecular weight is 1170 g/mol. The predicted octanol–water partition coefficient (Wildman–Crippen LogP) is 18.8. The SMILES string of the molecule is CC(C)(C)c1cc(-c2cc(-c3ccc4c(c3)C(C)(C)CCC4(C)C)ccn2)[c-]c(-c2cccc3c2nc(-c2cc(C(C)(C)C)cc(C(C)(C)C)c2O)n3-c2cc3c(cc2-c2ccccc2)C(C)(C)CCC3(C)C)c1.[Pt]. The minimum absolute atomic E-state index is 0. The van der Waals surface area contributed by atoms with Crippen LogP contribution in [0, 0.1) is 6.07 Å². The summed E-state index contributed by atoms with van der Waals surface area (Å²) >= 11 is 0. The topological polar surface area (TPSA) is 50.9 Å². The number of para-hydroxylation sites is 1. The van der Waals surface area contributed by atoms with E-state index in [1.165, 1.54) is 46.2 Å². The summed E-state index contributed by atoms with van der Waals surface area (Å²) in [7, 11) is 0. The number of pyridine rings is 1. The van der Waals surface area contributed by atoms with Gasteiger partial charge in [-0.15, -0.1) is 29.3 Å². The van der Waals surface area contributed by atoms with E-state index in [9.17, 15) is 5.11 Å². The smallest absolute Gasteiger partial charge is 0.148 e. The number of hydrogen-bond acceptors (Lipinski definition) is 3. The Kier molecular flexibility index (Phi) is 13.4. The summed E-state index contributed by atoms with van der Waals surface area (Å²) < 4.78 is 2.37. The second-order valence-corrected chi connectivity index (χ2v) is 27.8. The third kappa shape index (κ3) is 9.81. The van der Waals surface area contributed by atoms with E-state index < -0.39 is 0 Å². The first kappa shape index (κ1) is 54.2. The Hall–Kier alpha value is -5.57. The molecule has 0 bridgehead atoms. The largest absolute Gasteiger partial charge is 0.507 e. The predicted molar refractivity (Wildman–Crippen MR) is 313 cm³/mol. The number of rotatable bonds is 6. The molecule has 8 aromatic rings. The Labute approximate surface area is 464 Å². The van der Waals surface area contributed by atoms with Crippen LogP contribution in [0.1, 0.15) is 182 Å². The molecule has 0 saturated carbocycles. The van der Waals surface area contributed by atoms with E-state index in [1.807, 2.05) is 6.20 Å². The summed E-state index contributed by atoms with van der Waals surface area (Å²) in [6, 6.07) is 46.9. The molecule has 0 atom stereocenters. The summed E-state index contributed by atoms with van der Waals surface area (Å²) in [4.78, 5) is 10.9. The van der Waals surface area contributed by atoms with Gasteiger partial charge in [-0.2, -0.15) is 0 Å². The Bertz CT molecular complexity index is 3510. The number of phenols is 1. The number of aromatic nitrogens is 3. The van der Waals surface area contributed by atoms with E-state index >= 15 is 0 Å². The molecular formula is C70H80N3OPt-. The molecule has 6 aromatic carbocycles. The third-order valence-electron chi connectivity index (χ3n) is 17.3. The maximum Gasteiger partial charge on any atom is 0.148 e. The summed E-state index contributed by atoms with van der Waals surface area (Å²) in [6.45, 7) is 39.4. The van der Waals surface area contributed by atoms with Crippen LogP contribution in [0.25, 0.3) is 72.7 Å². The Morgan fingerprint density at radius 1 is 0.493 bits per heavy atom. The molecule has 0 radical (unpaired) electrons. The standard InChI is InChI=1S/C70H80N3O.Pt/c1-64(2,3)48-35-46(34-47(36-48)58-38-45(28-33-71-58)44-26-27-53-54(37-44)68(12,13)30-29-67(53,10)11)50-24-21-25-59-61(50)72-63(52-39-49(65(4,5)6)40-57(62(52)74)66(7,8)9)73(59)60-42-56-55(69(14,15)31-32-70(56,16)17)41-51(60)43-22-19-18-20-23-43;/h18-28,33,35-42,74H,29-32H2,1-17H3;/q-1;. The van der Waals surface area contributed by atoms with Gasteiger partial charge >= 0.3 is 0 Å². The molecule has 0 amide bonds. The van der Waals surface area contributed by atoms with Gasteiger partial charge in [-0.1, -0.05) is 202 Å². The zero-order valence-corrected chi connectivity index (χ0v) is 50.3. The maximum absolute atomic E-state index is 12.8. The molecule has 392 valence electrons. The van der Waals surface area contributed by atoms with Gasteiger partial charge in [0.05, 0.1) is 22.3 Å². The average Bonchev–Trinajstić information content (AvgIpc) is 3.73. The van der Waals surface area contributed by atoms with Crippen molar-refractivity contribution >= 4 is 11.0 Å². The van der Waals surface area contributed by atoms with Crippen molar-refractivity contribution < 1.29 is 26.2 Å². The van der Waals surface area contributed by atoms with E-state index in [0.29, 0.717) is 5.82 Å². The van der Waals surface area contributed by atoms with Crippen molar-refractivity contribution in [2.75, 3.05) is 0 Å². The van der Waals surface area contributed by atoms with Crippen LogP contribution in [0.4, 0.5) is 0 Å². The molecule has 0 unspecified atom stereocenters. The van der Waals surface area contributed by atoms with E-state index in [1.54, 1.807) is 0 Å². The first-order chi connectivity index (χ1) is 34.4. The molecule has 10 rings (SSSR count). The van der Waals surface area contributed by atoms with Crippen molar-refractivity contribution in [2.45, 2.75) is 181 Å². The number of hydrogen-bond donors (Lipinski definition) is 1. The number of imidazole rings is 1. The van der Waals surface area contributed by atoms with Gasteiger partial charge in [0.1, 0.15) is 11.6 Å². The molecule has 4 nitrogen and oxygen atoms in total. The van der Waals surface area contributed by atoms with Crippen LogP contribution < -0.4 is 0 Å². The van der Waals surface area contributed by atoms with Gasteiger partial charge < -0.3 is 5.11 Å². The molecule has 0 aliphatic heterocycles. The zero-order valence-electron chi connectivity index (χ0n) is 48.0. The van der Waals surface area contributed by atoms with Crippen LogP contribution in [0.3, 0.4) is 0 Å². The molecule has 1 N–H and O–H groups in total. The number of fused-ring (bicyclic) bond motifs is 3. The van der Waals surface area contributed by atoms with Crippen LogP contribution in [-0.2, 0) is 59.0 Å². The van der Waals surface area contributed by atoms with Crippen molar-refractivity contribution in [3.63, 3.8) is 0 Å². The Morgan fingerprint density at radius 3 is 1.67 bits per heavy atom. The van der Waals surface area contributed by atoms with Crippen LogP contribution in [0.5, 0.6) is 5.75 Å². The van der Waals surface area contributed by atoms with E-state index in [2.05, 4.69) is 244 Å². The van der Waals surface area contributed by atoms with Crippen molar-refractivity contribution in [1.29, 1.82) is 0 Å². The number of aromatic hydroxyl groups is 1. The molecule has 0 saturated heterocycles. The summed E-state index contributed by atoms with van der Waals surface area (Å²) in [6.07, 6.45) is 6.52. The minimum atomic E-state index is -0.337. The fraction of sp³-hybridized carbons (Fsp3) is 0.400. The van der Waals surface area contributed by atoms with Gasteiger partial charge in [0.15, 0.2) is 0 Å². The first-order valence-corrected chi connectivity index (χ1v) is 27.3. The van der Waals surface area contributed by atoms with Crippen molar-refractivity contribution in [1.82, 2.24) is 14.5 Å². The number of benzene rings is 6. The summed E-state index contributed by atoms with van der Waals surface area (Å²) in [5.41, 5.74) is 20.4. The molecule has 2 aliphatic carbocycles. The first-order valence-electron chi connectivity index (χ1n) is 27.3. The van der Waals surface area contributed by atoms with Gasteiger partial charge in [0.25, 0.3) is 0 Å². The van der Waals surface area contributed by atoms with Gasteiger partial charge in [0.2, 0.25) is 0 Å². The van der Waals surface area contributed by atoms with Gasteiger partial charge in [-0.05, 0) is 138 Å². The van der Waals surface area contributed by atoms with Crippen LogP contribution in [0.15, 0.2) is 121 Å². The van der Waals surface area contributed by atoms with E-state index in [-0.39, 0.29) is 64.7 Å². The van der Waals surface area contributed by atoms with Gasteiger partial charge in [-0.25, -0.2) is 4.98 Å². The van der Waals surface area contributed by atoms with Gasteiger partial charge in [0, 0.05) is 44.1 Å². The molecule has 2 heterocycles. The molecular weight excluding hydrogens is 1090 g/mol. The molecule has 75 heavy (non-hydrogen) atoms. The molecule has 0 fully saturated rings. The second-order valence-electron chi connectivity index (χ2n) is 27.8. The third-order valence-corrected chi connectivity index (χ3v) is 17.3. The second kappa shape index (κ2) is 18.6. The normalized spacial score (nSPS) is 16.8.